The van der Waals surface area contributed by atoms with E-state index in [0.717, 1.165) is 6.07 Å². The number of H-pyrrole nitrogens is 1. The van der Waals surface area contributed by atoms with Crippen molar-refractivity contribution in [1.82, 2.24) is 0 Å². The van der Waals surface area contributed by atoms with Crippen LogP contribution < -0.4 is 20.5 Å². The molecule has 0 amide bonds. The molecule has 4 N–H and O–H groups in total. The van der Waals surface area contributed by atoms with E-state index in [2.05, 4.69) is 10.3 Å². The molecule has 0 fully saturated rings. The predicted molar refractivity (Wildman–Crippen MR) is 94.0 cm³/mol. The molecule has 0 radical (unpaired) electrons. The van der Waals surface area contributed by atoms with Crippen molar-refractivity contribution in [2.75, 3.05) is 12.4 Å². The van der Waals surface area contributed by atoms with Gasteiger partial charge in [0.1, 0.15) is 18.1 Å². The van der Waals surface area contributed by atoms with E-state index in [1.807, 2.05) is 18.2 Å². The first-order chi connectivity index (χ1) is 12.6. The summed E-state index contributed by atoms with van der Waals surface area (Å²) >= 11 is 0. The fourth-order valence-electron chi connectivity index (χ4n) is 2.59. The number of aromatic hydroxyl groups is 1. The van der Waals surface area contributed by atoms with E-state index in [1.54, 1.807) is 37.6 Å². The van der Waals surface area contributed by atoms with E-state index < -0.39 is 23.8 Å². The highest BCUT2D eigenvalue weighted by molar-refractivity contribution is 5.44. The average Bonchev–Trinajstić information content (AvgIpc) is 2.69. The number of pyridine rings is 1. The molecule has 0 spiro atoms. The molecule has 7 heteroatoms. The normalized spacial score (nSPS) is 11.8. The van der Waals surface area contributed by atoms with Crippen molar-refractivity contribution in [2.24, 2.45) is 0 Å². The second-order valence-corrected chi connectivity index (χ2v) is 5.58. The second-order valence-electron chi connectivity index (χ2n) is 5.58. The third-order valence-corrected chi connectivity index (χ3v) is 3.85. The van der Waals surface area contributed by atoms with Gasteiger partial charge in [-0.25, -0.2) is 4.98 Å². The number of rotatable bonds is 6. The summed E-state index contributed by atoms with van der Waals surface area (Å²) in [6.45, 7) is -0.454. The van der Waals surface area contributed by atoms with Crippen LogP contribution in [0.1, 0.15) is 23.1 Å². The van der Waals surface area contributed by atoms with E-state index in [9.17, 15) is 15.0 Å². The number of aliphatic hydroxyl groups is 1. The summed E-state index contributed by atoms with van der Waals surface area (Å²) < 4.78 is 10.8. The number of benzene rings is 1. The van der Waals surface area contributed by atoms with Crippen LogP contribution >= 0.6 is 0 Å². The highest BCUT2D eigenvalue weighted by Crippen LogP contribution is 2.32. The maximum atomic E-state index is 12.0. The maximum absolute atomic E-state index is 12.0. The van der Waals surface area contributed by atoms with Gasteiger partial charge in [0.2, 0.25) is 11.2 Å². The molecule has 1 unspecified atom stereocenters. The van der Waals surface area contributed by atoms with Crippen LogP contribution in [-0.4, -0.2) is 17.3 Å². The quantitative estimate of drug-likeness (QED) is 0.623. The van der Waals surface area contributed by atoms with Gasteiger partial charge in [0.15, 0.2) is 11.8 Å². The zero-order valence-corrected chi connectivity index (χ0v) is 14.1. The lowest BCUT2D eigenvalue weighted by atomic mass is 10.0. The molecule has 0 aliphatic carbocycles. The van der Waals surface area contributed by atoms with E-state index in [4.69, 9.17) is 9.15 Å². The Hall–Kier alpha value is -3.32. The van der Waals surface area contributed by atoms with Gasteiger partial charge in [-0.15, -0.1) is 0 Å². The Morgan fingerprint density at radius 3 is 2.77 bits per heavy atom. The average molecular weight is 355 g/mol. The molecule has 26 heavy (non-hydrogen) atoms. The summed E-state index contributed by atoms with van der Waals surface area (Å²) in [6.07, 6.45) is 1.74. The van der Waals surface area contributed by atoms with Crippen molar-refractivity contribution in [3.05, 3.63) is 82.0 Å². The molecule has 3 aromatic rings. The molecule has 2 heterocycles. The molecule has 0 aliphatic heterocycles. The molecular weight excluding hydrogens is 336 g/mol. The zero-order chi connectivity index (χ0) is 18.5. The third kappa shape index (κ3) is 3.68. The Balaban J connectivity index is 2.14. The number of anilines is 1. The molecule has 2 aromatic heterocycles. The lowest BCUT2D eigenvalue weighted by molar-refractivity contribution is -0.361. The molecule has 1 aromatic carbocycles. The molecular formula is C19H19N2O5+. The minimum atomic E-state index is -0.692. The van der Waals surface area contributed by atoms with E-state index >= 15 is 0 Å². The van der Waals surface area contributed by atoms with E-state index in [0.29, 0.717) is 17.1 Å². The molecule has 0 saturated heterocycles. The molecule has 0 bridgehead atoms. The van der Waals surface area contributed by atoms with Crippen molar-refractivity contribution < 1.29 is 24.4 Å². The largest absolute Gasteiger partial charge is 0.502 e. The smallest absolute Gasteiger partial charge is 0.273 e. The van der Waals surface area contributed by atoms with Crippen molar-refractivity contribution in [3.63, 3.8) is 0 Å². The van der Waals surface area contributed by atoms with Gasteiger partial charge in [0.05, 0.1) is 13.3 Å². The first-order valence-corrected chi connectivity index (χ1v) is 7.96. The minimum Gasteiger partial charge on any atom is -0.502 e. The fraction of sp³-hybridized carbons (Fsp3) is 0.158. The van der Waals surface area contributed by atoms with Crippen LogP contribution in [0, 0.1) is 0 Å². The zero-order valence-electron chi connectivity index (χ0n) is 14.1. The molecule has 1 atom stereocenters. The number of ether oxygens (including phenoxy) is 1. The Kier molecular flexibility index (Phi) is 5.19. The molecule has 0 saturated carbocycles. The fourth-order valence-corrected chi connectivity index (χ4v) is 2.59. The van der Waals surface area contributed by atoms with Gasteiger partial charge in [-0.2, -0.15) is 0 Å². The third-order valence-electron chi connectivity index (χ3n) is 3.85. The van der Waals surface area contributed by atoms with Gasteiger partial charge in [-0.1, -0.05) is 18.2 Å². The van der Waals surface area contributed by atoms with Gasteiger partial charge in [-0.05, 0) is 18.2 Å². The Bertz CT molecular complexity index is 940. The van der Waals surface area contributed by atoms with Crippen LogP contribution in [0.2, 0.25) is 0 Å². The topological polar surface area (TPSA) is 106 Å². The monoisotopic (exact) mass is 355 g/mol. The molecule has 3 rings (SSSR count). The number of hydrogen-bond acceptors (Lipinski definition) is 6. The summed E-state index contributed by atoms with van der Waals surface area (Å²) in [5.74, 6) is 0.823. The number of methoxy groups -OCH3 is 1. The van der Waals surface area contributed by atoms with Crippen LogP contribution in [0.4, 0.5) is 5.82 Å². The summed E-state index contributed by atoms with van der Waals surface area (Å²) in [5, 5.41) is 22.8. The van der Waals surface area contributed by atoms with Crippen LogP contribution in [0.25, 0.3) is 0 Å². The van der Waals surface area contributed by atoms with Gasteiger partial charge in [-0.3, -0.25) is 10.1 Å². The van der Waals surface area contributed by atoms with Crippen molar-refractivity contribution >= 4 is 5.82 Å². The molecule has 7 nitrogen and oxygen atoms in total. The molecule has 134 valence electrons. The van der Waals surface area contributed by atoms with Crippen molar-refractivity contribution in [2.45, 2.75) is 12.6 Å². The first kappa shape index (κ1) is 17.5. The van der Waals surface area contributed by atoms with E-state index in [1.165, 1.54) is 0 Å². The Morgan fingerprint density at radius 1 is 1.23 bits per heavy atom. The number of aliphatic hydroxyl groups excluding tert-OH is 1. The minimum absolute atomic E-state index is 0.00653. The molecule has 0 aliphatic rings. The highest BCUT2D eigenvalue weighted by Gasteiger charge is 2.28. The number of hydrogen-bond donors (Lipinski definition) is 3. The lowest BCUT2D eigenvalue weighted by Gasteiger charge is -2.16. The van der Waals surface area contributed by atoms with Crippen molar-refractivity contribution in [3.8, 4) is 11.5 Å². The van der Waals surface area contributed by atoms with Crippen LogP contribution in [0.5, 0.6) is 11.5 Å². The Labute approximate surface area is 149 Å². The Morgan fingerprint density at radius 2 is 2.08 bits per heavy atom. The van der Waals surface area contributed by atoms with Gasteiger partial charge >= 0.3 is 0 Å². The summed E-state index contributed by atoms with van der Waals surface area (Å²) in [6, 6.07) is 13.0. The number of nitrogens with one attached hydrogen (secondary N) is 2. The van der Waals surface area contributed by atoms with Gasteiger partial charge in [0.25, 0.3) is 5.82 Å². The van der Waals surface area contributed by atoms with E-state index in [-0.39, 0.29) is 11.5 Å². The highest BCUT2D eigenvalue weighted by atomic mass is 16.5. The van der Waals surface area contributed by atoms with Crippen molar-refractivity contribution in [1.29, 1.82) is 0 Å². The van der Waals surface area contributed by atoms with Crippen LogP contribution in [-0.2, 0) is 6.61 Å². The summed E-state index contributed by atoms with van der Waals surface area (Å²) in [4.78, 5) is 15.1. The first-order valence-electron chi connectivity index (χ1n) is 7.96. The standard InChI is InChI=1S/C19H18N2O5/c1-25-13-6-4-5-12(9-13)17(21-16-7-2-3-8-20-16)19-18(24)15(23)10-14(11-22)26-19/h2-10,17,22,24H,11H2,1H3,(H,20,21)/p+1. The summed E-state index contributed by atoms with van der Waals surface area (Å²) in [5.41, 5.74) is 0.0807. The second kappa shape index (κ2) is 7.71. The number of aromatic amines is 1. The lowest BCUT2D eigenvalue weighted by Crippen LogP contribution is -2.20. The maximum Gasteiger partial charge on any atom is 0.273 e. The predicted octanol–water partition coefficient (Wildman–Crippen LogP) is 1.86. The van der Waals surface area contributed by atoms with Crippen LogP contribution in [0.15, 0.2) is 63.9 Å². The van der Waals surface area contributed by atoms with Gasteiger partial charge < -0.3 is 19.4 Å². The SMILES string of the molecule is COc1cccc(C(Nc2cccc[nH+]2)c2oc(CO)cc(=O)c2O)c1. The summed E-state index contributed by atoms with van der Waals surface area (Å²) in [7, 11) is 1.55. The van der Waals surface area contributed by atoms with Crippen LogP contribution in [0.3, 0.4) is 0 Å². The van der Waals surface area contributed by atoms with Gasteiger partial charge in [0, 0.05) is 17.7 Å². The number of aromatic nitrogens is 1.